The first-order valence-corrected chi connectivity index (χ1v) is 1.17. The zero-order valence-electron chi connectivity index (χ0n) is 2.59. The van der Waals surface area contributed by atoms with Crippen LogP contribution in [0.15, 0.2) is 5.16 Å². The lowest BCUT2D eigenvalue weighted by atomic mass is 10.8. The predicted molar refractivity (Wildman–Crippen MR) is 16.3 cm³/mol. The molecule has 0 saturated carbocycles. The summed E-state index contributed by atoms with van der Waals surface area (Å²) >= 11 is 0. The van der Waals surface area contributed by atoms with Crippen LogP contribution in [0.2, 0.25) is 0 Å². The molecule has 0 aromatic rings. The summed E-state index contributed by atoms with van der Waals surface area (Å²) in [5, 5.41) is 18.9. The molecule has 0 aliphatic carbocycles. The van der Waals surface area contributed by atoms with E-state index < -0.39 is 0 Å². The number of aliphatic hydroxyl groups excluding tert-OH is 1. The second-order valence-electron chi connectivity index (χ2n) is 0.471. The molecule has 3 heteroatoms. The van der Waals surface area contributed by atoms with Crippen molar-refractivity contribution >= 4 is 6.21 Å². The first kappa shape index (κ1) is 4.43. The van der Waals surface area contributed by atoms with Gasteiger partial charge in [-0.3, -0.25) is 0 Å². The van der Waals surface area contributed by atoms with Gasteiger partial charge in [0.15, 0.2) is 0 Å². The molecule has 0 atom stereocenters. The van der Waals surface area contributed by atoms with Crippen LogP contribution in [-0.4, -0.2) is 17.9 Å². The summed E-state index contributed by atoms with van der Waals surface area (Å²) in [4.78, 5) is 0. The van der Waals surface area contributed by atoms with Gasteiger partial charge in [-0.05, 0) is 5.16 Å². The number of hydrogen-bond donors (Lipinski definition) is 1. The average molecular weight is 74.1 g/mol. The van der Waals surface area contributed by atoms with Crippen molar-refractivity contribution in [1.82, 2.24) is 0 Å². The van der Waals surface area contributed by atoms with E-state index in [-0.39, 0.29) is 6.61 Å². The second kappa shape index (κ2) is 3.43. The van der Waals surface area contributed by atoms with E-state index in [0.717, 1.165) is 6.21 Å². The van der Waals surface area contributed by atoms with Crippen molar-refractivity contribution in [2.75, 3.05) is 6.61 Å². The van der Waals surface area contributed by atoms with Gasteiger partial charge in [-0.1, -0.05) is 0 Å². The molecule has 1 N–H and O–H groups in total. The Labute approximate surface area is 29.5 Å². The molecule has 0 aromatic carbocycles. The average Bonchev–Trinajstić information content (AvgIpc) is 1.41. The molecule has 0 amide bonds. The van der Waals surface area contributed by atoms with Gasteiger partial charge in [-0.15, -0.1) is 5.21 Å². The highest BCUT2D eigenvalue weighted by Gasteiger charge is 1.58. The standard InChI is InChI=1S/C2H4NO2/c4-2-1-3-5/h1,4H,2H2/b3-1-. The summed E-state index contributed by atoms with van der Waals surface area (Å²) in [7, 11) is 0. The maximum atomic E-state index is 8.94. The highest BCUT2D eigenvalue weighted by Crippen LogP contribution is 1.45. The van der Waals surface area contributed by atoms with Gasteiger partial charge in [0.2, 0.25) is 0 Å². The normalized spacial score (nSPS) is 9.80. The quantitative estimate of drug-likeness (QED) is 0.327. The highest BCUT2D eigenvalue weighted by atomic mass is 16.4. The summed E-state index contributed by atoms with van der Waals surface area (Å²) in [5.41, 5.74) is 0. The Hall–Kier alpha value is -0.570. The van der Waals surface area contributed by atoms with Crippen LogP contribution in [0.5, 0.6) is 0 Å². The topological polar surface area (TPSA) is 52.5 Å². The molecule has 0 aromatic heterocycles. The van der Waals surface area contributed by atoms with Crippen LogP contribution in [-0.2, 0) is 5.21 Å². The molecule has 0 bridgehead atoms. The SMILES string of the molecule is [O]/N=C\CO. The Bertz CT molecular complexity index is 34.6. The Morgan fingerprint density at radius 1 is 2.00 bits per heavy atom. The molecule has 3 nitrogen and oxygen atoms in total. The molecule has 0 rings (SSSR count). The van der Waals surface area contributed by atoms with Crippen LogP contribution < -0.4 is 0 Å². The van der Waals surface area contributed by atoms with Gasteiger partial charge in [0.05, 0.1) is 12.8 Å². The zero-order valence-corrected chi connectivity index (χ0v) is 2.59. The molecule has 0 fully saturated rings. The number of hydrogen-bond acceptors (Lipinski definition) is 2. The van der Waals surface area contributed by atoms with E-state index in [1.807, 2.05) is 0 Å². The Morgan fingerprint density at radius 3 is 2.60 bits per heavy atom. The molecule has 0 unspecified atom stereocenters. The van der Waals surface area contributed by atoms with Gasteiger partial charge in [0.1, 0.15) is 0 Å². The smallest absolute Gasteiger partial charge is 0.0818 e. The Kier molecular flexibility index (Phi) is 3.04. The van der Waals surface area contributed by atoms with Crippen LogP contribution >= 0.6 is 0 Å². The molecular weight excluding hydrogens is 70.0 g/mol. The number of rotatable bonds is 1. The fourth-order valence-electron chi connectivity index (χ4n) is 0.0333. The third-order valence-electron chi connectivity index (χ3n) is 0.156. The molecule has 29 valence electrons. The van der Waals surface area contributed by atoms with Crippen LogP contribution in [0, 0.1) is 0 Å². The summed E-state index contributed by atoms with van der Waals surface area (Å²) in [5.74, 6) is 0. The van der Waals surface area contributed by atoms with Gasteiger partial charge < -0.3 is 5.11 Å². The monoisotopic (exact) mass is 74.0 g/mol. The van der Waals surface area contributed by atoms with Gasteiger partial charge >= 0.3 is 0 Å². The first-order chi connectivity index (χ1) is 2.41. The lowest BCUT2D eigenvalue weighted by Gasteiger charge is -1.62. The minimum Gasteiger partial charge on any atom is -0.391 e. The third kappa shape index (κ3) is 3.43. The summed E-state index contributed by atoms with van der Waals surface area (Å²) < 4.78 is 0. The maximum absolute atomic E-state index is 8.94. The minimum atomic E-state index is -0.260. The number of aliphatic hydroxyl groups is 1. The van der Waals surface area contributed by atoms with E-state index in [9.17, 15) is 0 Å². The fourth-order valence-corrected chi connectivity index (χ4v) is 0.0333. The van der Waals surface area contributed by atoms with Crippen LogP contribution in [0.3, 0.4) is 0 Å². The molecule has 5 heavy (non-hydrogen) atoms. The van der Waals surface area contributed by atoms with E-state index in [1.54, 1.807) is 0 Å². The van der Waals surface area contributed by atoms with E-state index >= 15 is 0 Å². The molecule has 0 spiro atoms. The van der Waals surface area contributed by atoms with E-state index in [1.165, 1.54) is 0 Å². The van der Waals surface area contributed by atoms with Crippen molar-refractivity contribution in [2.24, 2.45) is 5.16 Å². The van der Waals surface area contributed by atoms with Gasteiger partial charge in [-0.25, -0.2) is 0 Å². The van der Waals surface area contributed by atoms with E-state index in [0.29, 0.717) is 0 Å². The summed E-state index contributed by atoms with van der Waals surface area (Å²) in [6.45, 7) is -0.260. The molecule has 0 aliphatic rings. The van der Waals surface area contributed by atoms with Crippen LogP contribution in [0.1, 0.15) is 0 Å². The minimum absolute atomic E-state index is 0.260. The summed E-state index contributed by atoms with van der Waals surface area (Å²) in [6, 6.07) is 0. The largest absolute Gasteiger partial charge is 0.391 e. The number of nitrogens with zero attached hydrogens (tertiary/aromatic N) is 1. The molecule has 0 saturated heterocycles. The van der Waals surface area contributed by atoms with Gasteiger partial charge in [0, 0.05) is 0 Å². The molecule has 0 aliphatic heterocycles. The van der Waals surface area contributed by atoms with Gasteiger partial charge in [0.25, 0.3) is 0 Å². The van der Waals surface area contributed by atoms with Crippen molar-refractivity contribution in [3.8, 4) is 0 Å². The van der Waals surface area contributed by atoms with Crippen molar-refractivity contribution in [3.63, 3.8) is 0 Å². The van der Waals surface area contributed by atoms with Crippen molar-refractivity contribution in [1.29, 1.82) is 0 Å². The van der Waals surface area contributed by atoms with E-state index in [2.05, 4.69) is 5.16 Å². The third-order valence-corrected chi connectivity index (χ3v) is 0.156. The van der Waals surface area contributed by atoms with Crippen molar-refractivity contribution < 1.29 is 10.3 Å². The predicted octanol–water partition coefficient (Wildman–Crippen LogP) is -0.605. The Morgan fingerprint density at radius 2 is 2.60 bits per heavy atom. The molecular formula is C2H4NO2. The van der Waals surface area contributed by atoms with Crippen molar-refractivity contribution in [3.05, 3.63) is 0 Å². The summed E-state index contributed by atoms with van der Waals surface area (Å²) in [6.07, 6.45) is 0.875. The van der Waals surface area contributed by atoms with Crippen LogP contribution in [0.25, 0.3) is 0 Å². The maximum Gasteiger partial charge on any atom is 0.0818 e. The Balaban J connectivity index is 2.62. The van der Waals surface area contributed by atoms with Crippen LogP contribution in [0.4, 0.5) is 0 Å². The lowest BCUT2D eigenvalue weighted by Crippen LogP contribution is -1.77. The van der Waals surface area contributed by atoms with Gasteiger partial charge in [-0.2, -0.15) is 0 Å². The fraction of sp³-hybridized carbons (Fsp3) is 0.500. The zero-order chi connectivity index (χ0) is 4.12. The molecule has 1 radical (unpaired) electrons. The lowest BCUT2D eigenvalue weighted by molar-refractivity contribution is 0.207. The second-order valence-corrected chi connectivity index (χ2v) is 0.471. The molecule has 0 heterocycles. The van der Waals surface area contributed by atoms with Crippen molar-refractivity contribution in [2.45, 2.75) is 0 Å². The van der Waals surface area contributed by atoms with E-state index in [4.69, 9.17) is 10.3 Å². The highest BCUT2D eigenvalue weighted by molar-refractivity contribution is 5.56. The first-order valence-electron chi connectivity index (χ1n) is 1.17.